The van der Waals surface area contributed by atoms with Crippen LogP contribution in [0.3, 0.4) is 0 Å². The third-order valence-electron chi connectivity index (χ3n) is 4.09. The van der Waals surface area contributed by atoms with E-state index in [1.807, 2.05) is 0 Å². The summed E-state index contributed by atoms with van der Waals surface area (Å²) >= 11 is 0. The number of hydrogen-bond acceptors (Lipinski definition) is 1. The minimum atomic E-state index is 0.519. The number of aromatic amines is 1. The maximum atomic E-state index is 3.67. The minimum Gasteiger partial charge on any atom is -0.357 e. The first kappa shape index (κ1) is 11.8. The van der Waals surface area contributed by atoms with Gasteiger partial charge >= 0.3 is 0 Å². The molecule has 0 saturated heterocycles. The Morgan fingerprint density at radius 3 is 2.94 bits per heavy atom. The van der Waals surface area contributed by atoms with Crippen LogP contribution in [0.25, 0.3) is 10.9 Å². The van der Waals surface area contributed by atoms with Gasteiger partial charge in [0.05, 0.1) is 0 Å². The molecule has 0 aliphatic heterocycles. The van der Waals surface area contributed by atoms with Crippen LogP contribution in [-0.4, -0.2) is 11.5 Å². The Hall–Kier alpha value is -1.28. The van der Waals surface area contributed by atoms with E-state index in [0.29, 0.717) is 6.04 Å². The molecule has 1 aliphatic rings. The van der Waals surface area contributed by atoms with Crippen LogP contribution in [0.2, 0.25) is 0 Å². The molecule has 0 fully saturated rings. The fourth-order valence-electron chi connectivity index (χ4n) is 3.46. The monoisotopic (exact) mass is 242 g/mol. The number of fused-ring (bicyclic) bond motifs is 3. The Bertz CT molecular complexity index is 580. The van der Waals surface area contributed by atoms with Gasteiger partial charge in [0.2, 0.25) is 0 Å². The number of benzene rings is 1. The van der Waals surface area contributed by atoms with Crippen LogP contribution >= 0.6 is 0 Å². The van der Waals surface area contributed by atoms with Crippen molar-refractivity contribution in [2.75, 3.05) is 6.54 Å². The maximum Gasteiger partial charge on any atom is 0.0476 e. The van der Waals surface area contributed by atoms with E-state index in [-0.39, 0.29) is 0 Å². The molecular formula is C16H22N2. The van der Waals surface area contributed by atoms with Crippen molar-refractivity contribution in [2.45, 2.75) is 46.1 Å². The average molecular weight is 242 g/mol. The first-order valence-electron chi connectivity index (χ1n) is 7.05. The highest BCUT2D eigenvalue weighted by Crippen LogP contribution is 2.36. The van der Waals surface area contributed by atoms with Crippen LogP contribution < -0.4 is 5.32 Å². The van der Waals surface area contributed by atoms with E-state index < -0.39 is 0 Å². The number of nitrogens with one attached hydrogen (secondary N) is 2. The normalized spacial score (nSPS) is 19.2. The number of aromatic nitrogens is 1. The van der Waals surface area contributed by atoms with Crippen molar-refractivity contribution in [3.8, 4) is 0 Å². The second-order valence-electron chi connectivity index (χ2n) is 5.52. The second-order valence-corrected chi connectivity index (χ2v) is 5.52. The summed E-state index contributed by atoms with van der Waals surface area (Å²) in [6, 6.07) is 5.10. The van der Waals surface area contributed by atoms with E-state index in [1.54, 1.807) is 5.56 Å². The van der Waals surface area contributed by atoms with Gasteiger partial charge in [-0.05, 0) is 62.4 Å². The molecule has 2 heteroatoms. The lowest BCUT2D eigenvalue weighted by Gasteiger charge is -2.23. The van der Waals surface area contributed by atoms with E-state index in [4.69, 9.17) is 0 Å². The van der Waals surface area contributed by atoms with Gasteiger partial charge in [0.15, 0.2) is 0 Å². The fraction of sp³-hybridized carbons (Fsp3) is 0.500. The molecule has 0 bridgehead atoms. The lowest BCUT2D eigenvalue weighted by atomic mass is 9.90. The van der Waals surface area contributed by atoms with Crippen LogP contribution in [0.15, 0.2) is 12.1 Å². The molecule has 1 aromatic heterocycles. The highest BCUT2D eigenvalue weighted by molar-refractivity contribution is 5.88. The Labute approximate surface area is 109 Å². The molecule has 1 heterocycles. The third kappa shape index (κ3) is 1.76. The molecule has 0 spiro atoms. The van der Waals surface area contributed by atoms with Crippen molar-refractivity contribution in [2.24, 2.45) is 0 Å². The van der Waals surface area contributed by atoms with E-state index in [9.17, 15) is 0 Å². The minimum absolute atomic E-state index is 0.519. The van der Waals surface area contributed by atoms with Gasteiger partial charge in [0.25, 0.3) is 0 Å². The van der Waals surface area contributed by atoms with E-state index in [1.165, 1.54) is 47.0 Å². The molecular weight excluding hydrogens is 220 g/mol. The van der Waals surface area contributed by atoms with Crippen LogP contribution in [0.1, 0.15) is 48.2 Å². The van der Waals surface area contributed by atoms with Crippen molar-refractivity contribution in [3.05, 3.63) is 34.5 Å². The molecule has 3 rings (SSSR count). The van der Waals surface area contributed by atoms with Crippen molar-refractivity contribution in [1.29, 1.82) is 0 Å². The molecule has 1 aliphatic carbocycles. The summed E-state index contributed by atoms with van der Waals surface area (Å²) in [5, 5.41) is 5.07. The summed E-state index contributed by atoms with van der Waals surface area (Å²) in [7, 11) is 0. The molecule has 96 valence electrons. The van der Waals surface area contributed by atoms with Crippen molar-refractivity contribution in [3.63, 3.8) is 0 Å². The molecule has 2 aromatic rings. The third-order valence-corrected chi connectivity index (χ3v) is 4.09. The predicted molar refractivity (Wildman–Crippen MR) is 77.1 cm³/mol. The van der Waals surface area contributed by atoms with E-state index in [0.717, 1.165) is 6.54 Å². The fourth-order valence-corrected chi connectivity index (χ4v) is 3.46. The maximum absolute atomic E-state index is 3.67. The van der Waals surface area contributed by atoms with Crippen molar-refractivity contribution in [1.82, 2.24) is 10.3 Å². The summed E-state index contributed by atoms with van der Waals surface area (Å²) in [4.78, 5) is 3.67. The Morgan fingerprint density at radius 1 is 1.33 bits per heavy atom. The lowest BCUT2D eigenvalue weighted by molar-refractivity contribution is 0.465. The van der Waals surface area contributed by atoms with Gasteiger partial charge in [-0.2, -0.15) is 0 Å². The molecule has 1 atom stereocenters. The summed E-state index contributed by atoms with van der Waals surface area (Å²) in [5.41, 5.74) is 7.08. The molecule has 2 N–H and O–H groups in total. The molecule has 0 amide bonds. The largest absolute Gasteiger partial charge is 0.357 e. The standard InChI is InChI=1S/C16H22N2/c1-4-17-13-7-5-6-12-15-11(3)8-10(2)9-14(15)18-16(12)13/h8-9,13,17-18H,4-7H2,1-3H3. The van der Waals surface area contributed by atoms with Gasteiger partial charge in [-0.3, -0.25) is 0 Å². The molecule has 1 aromatic carbocycles. The van der Waals surface area contributed by atoms with Gasteiger partial charge in [-0.15, -0.1) is 0 Å². The molecule has 18 heavy (non-hydrogen) atoms. The van der Waals surface area contributed by atoms with Gasteiger partial charge in [-0.1, -0.05) is 13.0 Å². The number of rotatable bonds is 2. The number of H-pyrrole nitrogens is 1. The second kappa shape index (κ2) is 4.43. The van der Waals surface area contributed by atoms with E-state index >= 15 is 0 Å². The van der Waals surface area contributed by atoms with Crippen LogP contribution in [0, 0.1) is 13.8 Å². The Morgan fingerprint density at radius 2 is 2.17 bits per heavy atom. The zero-order valence-electron chi connectivity index (χ0n) is 11.6. The molecule has 2 nitrogen and oxygen atoms in total. The average Bonchev–Trinajstić information content (AvgIpc) is 2.68. The SMILES string of the molecule is CCNC1CCCc2c1[nH]c1cc(C)cc(C)c21. The molecule has 0 saturated carbocycles. The number of aryl methyl sites for hydroxylation is 3. The van der Waals surface area contributed by atoms with Gasteiger partial charge < -0.3 is 10.3 Å². The van der Waals surface area contributed by atoms with Crippen LogP contribution in [0.4, 0.5) is 0 Å². The van der Waals surface area contributed by atoms with Crippen molar-refractivity contribution < 1.29 is 0 Å². The van der Waals surface area contributed by atoms with Crippen molar-refractivity contribution >= 4 is 10.9 Å². The topological polar surface area (TPSA) is 27.8 Å². The summed E-state index contributed by atoms with van der Waals surface area (Å²) < 4.78 is 0. The molecule has 1 unspecified atom stereocenters. The highest BCUT2D eigenvalue weighted by atomic mass is 14.9. The van der Waals surface area contributed by atoms with Crippen LogP contribution in [0.5, 0.6) is 0 Å². The van der Waals surface area contributed by atoms with Gasteiger partial charge in [0, 0.05) is 22.6 Å². The first-order valence-corrected chi connectivity index (χ1v) is 7.05. The highest BCUT2D eigenvalue weighted by Gasteiger charge is 2.24. The summed E-state index contributed by atoms with van der Waals surface area (Å²) in [6.45, 7) is 7.64. The zero-order chi connectivity index (χ0) is 12.7. The van der Waals surface area contributed by atoms with Gasteiger partial charge in [0.1, 0.15) is 0 Å². The Kier molecular flexibility index (Phi) is 2.90. The van der Waals surface area contributed by atoms with E-state index in [2.05, 4.69) is 43.2 Å². The summed E-state index contributed by atoms with van der Waals surface area (Å²) in [5.74, 6) is 0. The zero-order valence-corrected chi connectivity index (χ0v) is 11.6. The molecule has 0 radical (unpaired) electrons. The smallest absolute Gasteiger partial charge is 0.0476 e. The quantitative estimate of drug-likeness (QED) is 0.824. The lowest BCUT2D eigenvalue weighted by Crippen LogP contribution is -2.24. The first-order chi connectivity index (χ1) is 8.70. The Balaban J connectivity index is 2.20. The van der Waals surface area contributed by atoms with Crippen LogP contribution in [-0.2, 0) is 6.42 Å². The van der Waals surface area contributed by atoms with Gasteiger partial charge in [-0.25, -0.2) is 0 Å². The number of hydrogen-bond donors (Lipinski definition) is 2. The predicted octanol–water partition coefficient (Wildman–Crippen LogP) is 3.77. The summed E-state index contributed by atoms with van der Waals surface area (Å²) in [6.07, 6.45) is 3.78.